The van der Waals surface area contributed by atoms with E-state index in [1.807, 2.05) is 32.9 Å². The van der Waals surface area contributed by atoms with Crippen LogP contribution in [0.15, 0.2) is 44.4 Å². The van der Waals surface area contributed by atoms with Crippen molar-refractivity contribution in [1.82, 2.24) is 9.46 Å². The molecule has 2 aromatic rings. The van der Waals surface area contributed by atoms with Crippen LogP contribution in [0.5, 0.6) is 0 Å². The summed E-state index contributed by atoms with van der Waals surface area (Å²) in [6.07, 6.45) is 3.38. The lowest BCUT2D eigenvalue weighted by molar-refractivity contribution is 0.623. The Kier molecular flexibility index (Phi) is 5.71. The third-order valence-electron chi connectivity index (χ3n) is 4.50. The van der Waals surface area contributed by atoms with Crippen LogP contribution >= 0.6 is 45.2 Å². The van der Waals surface area contributed by atoms with Crippen LogP contribution in [0.4, 0.5) is 8.63 Å². The normalized spacial score (nSPS) is 16.2. The summed E-state index contributed by atoms with van der Waals surface area (Å²) in [6.45, 7) is 7.53. The molecule has 26 heavy (non-hydrogen) atoms. The summed E-state index contributed by atoms with van der Waals surface area (Å²) in [4.78, 5) is 8.91. The molecule has 0 radical (unpaired) electrons. The monoisotopic (exact) mass is 577 g/mol. The van der Waals surface area contributed by atoms with Gasteiger partial charge in [-0.15, -0.1) is 0 Å². The number of hydrogen-bond donors (Lipinski definition) is 0. The van der Waals surface area contributed by atoms with Gasteiger partial charge in [0.2, 0.25) is 0 Å². The smallest absolute Gasteiger partial charge is 0.328 e. The van der Waals surface area contributed by atoms with Crippen molar-refractivity contribution in [3.63, 3.8) is 0 Å². The zero-order valence-corrected chi connectivity index (χ0v) is 19.1. The molecular formula is C18H16BF2I2N3. The number of aromatic nitrogens is 2. The van der Waals surface area contributed by atoms with Gasteiger partial charge in [0.25, 0.3) is 0 Å². The molecule has 134 valence electrons. The van der Waals surface area contributed by atoms with Gasteiger partial charge in [0, 0.05) is 42.1 Å². The van der Waals surface area contributed by atoms with Crippen molar-refractivity contribution in [2.75, 3.05) is 0 Å². The van der Waals surface area contributed by atoms with Crippen molar-refractivity contribution in [3.8, 4) is 0 Å². The third-order valence-corrected chi connectivity index (χ3v) is 7.68. The summed E-state index contributed by atoms with van der Waals surface area (Å²) in [5.74, 6) is 0. The molecule has 3 heterocycles. The molecule has 0 bridgehead atoms. The van der Waals surface area contributed by atoms with Gasteiger partial charge in [-0.1, -0.05) is 6.07 Å². The van der Waals surface area contributed by atoms with E-state index in [0.717, 1.165) is 39.7 Å². The van der Waals surface area contributed by atoms with Crippen LogP contribution < -0.4 is 0 Å². The number of halogens is 4. The summed E-state index contributed by atoms with van der Waals surface area (Å²) in [7, 11) is -2.63. The molecule has 0 aliphatic carbocycles. The molecule has 2 aromatic heterocycles. The van der Waals surface area contributed by atoms with Gasteiger partial charge >= 0.3 is 7.40 Å². The molecule has 0 unspecified atom stereocenters. The van der Waals surface area contributed by atoms with Crippen LogP contribution in [0.1, 0.15) is 36.4 Å². The molecule has 1 aliphatic heterocycles. The maximum Gasteiger partial charge on any atom is 0.677 e. The van der Waals surface area contributed by atoms with E-state index in [4.69, 9.17) is 4.99 Å². The topological polar surface area (TPSA) is 30.2 Å². The minimum atomic E-state index is -2.63. The number of hydrogen-bond acceptors (Lipinski definition) is 2. The van der Waals surface area contributed by atoms with Crippen molar-refractivity contribution < 1.29 is 8.63 Å². The molecule has 0 spiro atoms. The van der Waals surface area contributed by atoms with E-state index < -0.39 is 7.40 Å². The van der Waals surface area contributed by atoms with Crippen LogP contribution in [0.2, 0.25) is 0 Å². The summed E-state index contributed by atoms with van der Waals surface area (Å²) in [5, 5.41) is 0. The van der Waals surface area contributed by atoms with E-state index in [0.29, 0.717) is 17.0 Å². The fourth-order valence-corrected chi connectivity index (χ4v) is 4.09. The molecule has 3 nitrogen and oxygen atoms in total. The maximum atomic E-state index is 14.0. The van der Waals surface area contributed by atoms with Gasteiger partial charge in [-0.2, -0.15) is 0 Å². The highest BCUT2D eigenvalue weighted by molar-refractivity contribution is 14.1. The van der Waals surface area contributed by atoms with Crippen LogP contribution in [0, 0.1) is 17.4 Å². The second kappa shape index (κ2) is 7.53. The Morgan fingerprint density at radius 1 is 1.15 bits per heavy atom. The molecular weight excluding hydrogens is 561 g/mol. The Labute approximate surface area is 179 Å². The highest BCUT2D eigenvalue weighted by Crippen LogP contribution is 2.41. The largest absolute Gasteiger partial charge is 0.677 e. The summed E-state index contributed by atoms with van der Waals surface area (Å²) in [6, 6.07) is 3.71. The quantitative estimate of drug-likeness (QED) is 0.335. The van der Waals surface area contributed by atoms with E-state index in [1.165, 1.54) is 0 Å². The summed E-state index contributed by atoms with van der Waals surface area (Å²) < 4.78 is 30.9. The minimum absolute atomic E-state index is 0.506. The van der Waals surface area contributed by atoms with E-state index in [2.05, 4.69) is 50.2 Å². The van der Waals surface area contributed by atoms with Gasteiger partial charge < -0.3 is 4.48 Å². The fraction of sp³-hybridized carbons (Fsp3) is 0.222. The first-order valence-corrected chi connectivity index (χ1v) is 10.1. The van der Waals surface area contributed by atoms with Gasteiger partial charge in [-0.25, -0.2) is 0 Å². The molecule has 0 atom stereocenters. The minimum Gasteiger partial charge on any atom is -0.328 e. The average Bonchev–Trinajstić information content (AvgIpc) is 2.99. The van der Waals surface area contributed by atoms with Crippen molar-refractivity contribution in [2.45, 2.75) is 27.7 Å². The zero-order valence-electron chi connectivity index (χ0n) is 14.7. The van der Waals surface area contributed by atoms with Gasteiger partial charge in [-0.3, -0.25) is 18.6 Å². The first kappa shape index (κ1) is 19.7. The Bertz CT molecular complexity index is 976. The lowest BCUT2D eigenvalue weighted by Gasteiger charge is -2.16. The predicted molar refractivity (Wildman–Crippen MR) is 120 cm³/mol. The highest BCUT2D eigenvalue weighted by atomic mass is 127. The molecule has 8 heteroatoms. The second-order valence-corrected chi connectivity index (χ2v) is 8.28. The fourth-order valence-electron chi connectivity index (χ4n) is 3.20. The van der Waals surface area contributed by atoms with Gasteiger partial charge in [0.05, 0.1) is 11.4 Å². The number of aliphatic imine (C=N–C) groups is 1. The molecule has 1 aliphatic rings. The summed E-state index contributed by atoms with van der Waals surface area (Å²) >= 11 is 4.39. The van der Waals surface area contributed by atoms with E-state index in [-0.39, 0.29) is 0 Å². The predicted octanol–water partition coefficient (Wildman–Crippen LogP) is 5.82. The number of nitrogens with zero attached hydrogens (tertiary/aromatic N) is 3. The van der Waals surface area contributed by atoms with Crippen molar-refractivity contribution in [2.24, 2.45) is 4.99 Å². The molecule has 0 amide bonds. The Hall–Kier alpha value is -1.04. The molecule has 0 N–H and O–H groups in total. The molecule has 0 aromatic carbocycles. The van der Waals surface area contributed by atoms with Gasteiger partial charge in [-0.05, 0) is 90.1 Å². The SMILES string of the molecule is CC1=N/C(=C(/c2cccnc2)c2c(C)c(I)c(C)n2B(F)F)C(C)=C1I. The van der Waals surface area contributed by atoms with Crippen molar-refractivity contribution in [3.05, 3.63) is 65.5 Å². The van der Waals surface area contributed by atoms with E-state index in [1.54, 1.807) is 19.3 Å². The molecule has 0 saturated carbocycles. The van der Waals surface area contributed by atoms with Crippen molar-refractivity contribution in [1.29, 1.82) is 0 Å². The standard InChI is InChI=1S/C18H16BF2I2N3/c1-9-15(22)11(3)25-17(9)14(13-6-5-7-24-8-13)18-10(2)16(23)12(4)26(18)19(20)21/h5-8H,1-4H3/b17-14-. The Balaban J connectivity index is 2.46. The van der Waals surface area contributed by atoms with Crippen LogP contribution in [0.3, 0.4) is 0 Å². The van der Waals surface area contributed by atoms with Gasteiger partial charge in [0.15, 0.2) is 0 Å². The zero-order chi connectivity index (χ0) is 19.2. The first-order valence-electron chi connectivity index (χ1n) is 7.98. The van der Waals surface area contributed by atoms with Gasteiger partial charge in [0.1, 0.15) is 0 Å². The van der Waals surface area contributed by atoms with Crippen LogP contribution in [-0.2, 0) is 0 Å². The van der Waals surface area contributed by atoms with Crippen LogP contribution in [0.25, 0.3) is 5.57 Å². The van der Waals surface area contributed by atoms with Crippen LogP contribution in [-0.4, -0.2) is 22.6 Å². The first-order chi connectivity index (χ1) is 12.3. The lowest BCUT2D eigenvalue weighted by atomic mass is 9.96. The maximum absolute atomic E-state index is 14.0. The second-order valence-electron chi connectivity index (χ2n) is 6.12. The average molecular weight is 577 g/mol. The third kappa shape index (κ3) is 3.19. The van der Waals surface area contributed by atoms with E-state index in [9.17, 15) is 8.63 Å². The Morgan fingerprint density at radius 2 is 1.85 bits per heavy atom. The number of pyridine rings is 1. The molecule has 3 rings (SSSR count). The lowest BCUT2D eigenvalue weighted by Crippen LogP contribution is -2.18. The molecule has 0 saturated heterocycles. The highest BCUT2D eigenvalue weighted by Gasteiger charge is 2.32. The number of allylic oxidation sites excluding steroid dienone is 2. The Morgan fingerprint density at radius 3 is 2.35 bits per heavy atom. The summed E-state index contributed by atoms with van der Waals surface area (Å²) in [5.41, 5.74) is 6.01. The molecule has 0 fully saturated rings. The van der Waals surface area contributed by atoms with E-state index >= 15 is 0 Å². The van der Waals surface area contributed by atoms with Crippen molar-refractivity contribution >= 4 is 63.9 Å². The number of rotatable bonds is 3.